The van der Waals surface area contributed by atoms with Crippen molar-refractivity contribution in [2.45, 2.75) is 13.3 Å². The maximum Gasteiger partial charge on any atom is 0.310 e. The van der Waals surface area contributed by atoms with Crippen LogP contribution in [-0.4, -0.2) is 22.1 Å². The maximum atomic E-state index is 12.2. The molecule has 0 saturated carbocycles. The minimum Gasteiger partial charge on any atom is -0.618 e. The van der Waals surface area contributed by atoms with Crippen LogP contribution in [0.25, 0.3) is 27.6 Å². The number of ether oxygens (including phenoxy) is 1. The maximum absolute atomic E-state index is 12.2. The summed E-state index contributed by atoms with van der Waals surface area (Å²) in [5, 5.41) is 13.0. The molecule has 6 nitrogen and oxygen atoms in total. The fraction of sp³-hybridized carbons (Fsp3) is 0.150. The van der Waals surface area contributed by atoms with Crippen LogP contribution in [0.3, 0.4) is 0 Å². The standard InChI is InChI=1S/C20H17N3O3/c1-2-26-19(24)11-14-7-9-15(10-8-14)22-13-21-17-12-23(25)18-6-4-3-5-16(18)20(17)22/h3-10,12-13H,2,11H2,1H3. The zero-order chi connectivity index (χ0) is 18.1. The van der Waals surface area contributed by atoms with E-state index in [-0.39, 0.29) is 12.4 Å². The summed E-state index contributed by atoms with van der Waals surface area (Å²) in [6.45, 7) is 2.17. The molecule has 0 aliphatic rings. The SMILES string of the molecule is CCOC(=O)Cc1ccc(-n2cnc3c[n+]([O-])c4ccccc4c32)cc1. The van der Waals surface area contributed by atoms with Crippen LogP contribution in [0.15, 0.2) is 61.1 Å². The highest BCUT2D eigenvalue weighted by Crippen LogP contribution is 2.25. The van der Waals surface area contributed by atoms with Crippen molar-refractivity contribution < 1.29 is 14.3 Å². The van der Waals surface area contributed by atoms with Gasteiger partial charge in [-0.05, 0) is 30.7 Å². The number of benzene rings is 2. The first-order valence-electron chi connectivity index (χ1n) is 8.40. The Kier molecular flexibility index (Phi) is 4.01. The lowest BCUT2D eigenvalue weighted by Gasteiger charge is -2.08. The molecular formula is C20H17N3O3. The number of fused-ring (bicyclic) bond motifs is 3. The Morgan fingerprint density at radius 1 is 1.19 bits per heavy atom. The predicted octanol–water partition coefficient (Wildman–Crippen LogP) is 2.92. The minimum absolute atomic E-state index is 0.237. The van der Waals surface area contributed by atoms with Gasteiger partial charge in [0.2, 0.25) is 11.7 Å². The minimum atomic E-state index is -0.237. The van der Waals surface area contributed by atoms with E-state index in [4.69, 9.17) is 4.74 Å². The van der Waals surface area contributed by atoms with Gasteiger partial charge in [0, 0.05) is 11.8 Å². The third-order valence-corrected chi connectivity index (χ3v) is 4.30. The zero-order valence-corrected chi connectivity index (χ0v) is 14.3. The van der Waals surface area contributed by atoms with Crippen LogP contribution in [0.2, 0.25) is 0 Å². The molecule has 26 heavy (non-hydrogen) atoms. The fourth-order valence-electron chi connectivity index (χ4n) is 3.12. The first-order valence-corrected chi connectivity index (χ1v) is 8.40. The van der Waals surface area contributed by atoms with Gasteiger partial charge >= 0.3 is 5.97 Å². The van der Waals surface area contributed by atoms with Crippen molar-refractivity contribution in [2.75, 3.05) is 6.61 Å². The number of aromatic nitrogens is 3. The number of hydrogen-bond acceptors (Lipinski definition) is 4. The molecule has 0 unspecified atom stereocenters. The molecule has 0 amide bonds. The van der Waals surface area contributed by atoms with Crippen LogP contribution in [-0.2, 0) is 16.0 Å². The highest BCUT2D eigenvalue weighted by Gasteiger charge is 2.15. The first kappa shape index (κ1) is 16.1. The van der Waals surface area contributed by atoms with Gasteiger partial charge in [0.1, 0.15) is 6.33 Å². The van der Waals surface area contributed by atoms with E-state index in [0.717, 1.165) is 26.9 Å². The van der Waals surface area contributed by atoms with E-state index in [2.05, 4.69) is 4.98 Å². The van der Waals surface area contributed by atoms with Crippen LogP contribution >= 0.6 is 0 Å². The second-order valence-corrected chi connectivity index (χ2v) is 5.97. The summed E-state index contributed by atoms with van der Waals surface area (Å²) in [6.07, 6.45) is 3.44. The van der Waals surface area contributed by atoms with Crippen molar-refractivity contribution in [3.8, 4) is 5.69 Å². The molecule has 0 aliphatic carbocycles. The Bertz CT molecular complexity index is 1100. The molecule has 0 radical (unpaired) electrons. The molecule has 0 N–H and O–H groups in total. The van der Waals surface area contributed by atoms with E-state index in [1.807, 2.05) is 47.0 Å². The van der Waals surface area contributed by atoms with E-state index in [1.165, 1.54) is 6.20 Å². The number of para-hydroxylation sites is 1. The number of rotatable bonds is 4. The number of carbonyl (C=O) groups is 1. The topological polar surface area (TPSA) is 71.1 Å². The second-order valence-electron chi connectivity index (χ2n) is 5.97. The Labute approximate surface area is 149 Å². The molecule has 130 valence electrons. The van der Waals surface area contributed by atoms with E-state index in [0.29, 0.717) is 17.6 Å². The number of nitrogens with zero attached hydrogens (tertiary/aromatic N) is 3. The molecular weight excluding hydrogens is 330 g/mol. The van der Waals surface area contributed by atoms with Crippen LogP contribution in [0.4, 0.5) is 0 Å². The van der Waals surface area contributed by atoms with Gasteiger partial charge in [0.15, 0.2) is 5.52 Å². The summed E-state index contributed by atoms with van der Waals surface area (Å²) in [5.41, 5.74) is 3.91. The van der Waals surface area contributed by atoms with Crippen LogP contribution in [0.1, 0.15) is 12.5 Å². The summed E-state index contributed by atoms with van der Waals surface area (Å²) in [5.74, 6) is -0.237. The van der Waals surface area contributed by atoms with Crippen molar-refractivity contribution in [1.82, 2.24) is 9.55 Å². The summed E-state index contributed by atoms with van der Waals surface area (Å²) < 4.78 is 7.77. The lowest BCUT2D eigenvalue weighted by atomic mass is 10.1. The number of esters is 1. The van der Waals surface area contributed by atoms with Crippen molar-refractivity contribution in [3.05, 3.63) is 71.8 Å². The van der Waals surface area contributed by atoms with Crippen molar-refractivity contribution in [1.29, 1.82) is 0 Å². The van der Waals surface area contributed by atoms with E-state index < -0.39 is 0 Å². The molecule has 2 aromatic heterocycles. The number of hydrogen-bond donors (Lipinski definition) is 0. The fourth-order valence-corrected chi connectivity index (χ4v) is 3.12. The third-order valence-electron chi connectivity index (χ3n) is 4.30. The number of carbonyl (C=O) groups excluding carboxylic acids is 1. The molecule has 2 heterocycles. The smallest absolute Gasteiger partial charge is 0.310 e. The van der Waals surface area contributed by atoms with Crippen LogP contribution in [0.5, 0.6) is 0 Å². The summed E-state index contributed by atoms with van der Waals surface area (Å²) >= 11 is 0. The van der Waals surface area contributed by atoms with E-state index in [9.17, 15) is 10.0 Å². The molecule has 0 aliphatic heterocycles. The largest absolute Gasteiger partial charge is 0.618 e. The number of imidazole rings is 1. The molecule has 6 heteroatoms. The van der Waals surface area contributed by atoms with Gasteiger partial charge in [0.25, 0.3) is 0 Å². The van der Waals surface area contributed by atoms with Gasteiger partial charge < -0.3 is 9.94 Å². The predicted molar refractivity (Wildman–Crippen MR) is 97.9 cm³/mol. The summed E-state index contributed by atoms with van der Waals surface area (Å²) in [6, 6.07) is 15.1. The average molecular weight is 347 g/mol. The van der Waals surface area contributed by atoms with Crippen molar-refractivity contribution in [2.24, 2.45) is 0 Å². The Hall–Kier alpha value is -3.41. The lowest BCUT2D eigenvalue weighted by Crippen LogP contribution is -2.26. The monoisotopic (exact) mass is 347 g/mol. The summed E-state index contributed by atoms with van der Waals surface area (Å²) in [7, 11) is 0. The number of pyridine rings is 1. The molecule has 4 aromatic rings. The van der Waals surface area contributed by atoms with Gasteiger partial charge in [-0.25, -0.2) is 4.98 Å². The molecule has 0 atom stereocenters. The van der Waals surface area contributed by atoms with E-state index >= 15 is 0 Å². The normalized spacial score (nSPS) is 11.1. The second kappa shape index (κ2) is 6.48. The van der Waals surface area contributed by atoms with Crippen molar-refractivity contribution in [3.63, 3.8) is 0 Å². The molecule has 2 aromatic carbocycles. The van der Waals surface area contributed by atoms with Gasteiger partial charge in [0.05, 0.1) is 23.9 Å². The van der Waals surface area contributed by atoms with Gasteiger partial charge in [-0.3, -0.25) is 9.36 Å². The molecule has 0 spiro atoms. The Morgan fingerprint density at radius 3 is 2.73 bits per heavy atom. The zero-order valence-electron chi connectivity index (χ0n) is 14.3. The van der Waals surface area contributed by atoms with E-state index in [1.54, 1.807) is 19.3 Å². The Morgan fingerprint density at radius 2 is 1.96 bits per heavy atom. The third kappa shape index (κ3) is 2.75. The molecule has 0 bridgehead atoms. The Balaban J connectivity index is 1.78. The van der Waals surface area contributed by atoms with Crippen LogP contribution in [0, 0.1) is 5.21 Å². The summed E-state index contributed by atoms with van der Waals surface area (Å²) in [4.78, 5) is 16.0. The lowest BCUT2D eigenvalue weighted by molar-refractivity contribution is -0.575. The highest BCUT2D eigenvalue weighted by atomic mass is 16.5. The molecule has 4 rings (SSSR count). The van der Waals surface area contributed by atoms with Crippen molar-refractivity contribution >= 4 is 27.9 Å². The van der Waals surface area contributed by atoms with Gasteiger partial charge in [-0.2, -0.15) is 4.73 Å². The van der Waals surface area contributed by atoms with Gasteiger partial charge in [-0.15, -0.1) is 0 Å². The van der Waals surface area contributed by atoms with Gasteiger partial charge in [-0.1, -0.05) is 24.3 Å². The first-order chi connectivity index (χ1) is 12.7. The van der Waals surface area contributed by atoms with Crippen LogP contribution < -0.4 is 4.73 Å². The molecule has 0 saturated heterocycles. The quantitative estimate of drug-likeness (QED) is 0.323. The molecule has 0 fully saturated rings. The highest BCUT2D eigenvalue weighted by molar-refractivity contribution is 6.01. The average Bonchev–Trinajstić information content (AvgIpc) is 3.07.